The number of hydrogen-bond donors (Lipinski definition) is 0. The van der Waals surface area contributed by atoms with Gasteiger partial charge in [0.05, 0.1) is 0 Å². The zero-order chi connectivity index (χ0) is 53.6. The molecule has 0 N–H and O–H groups in total. The topological polar surface area (TPSA) is 78.9 Å². The Morgan fingerprint density at radius 3 is 0.811 bits per heavy atom. The van der Waals surface area contributed by atoms with Gasteiger partial charge in [-0.25, -0.2) is 0 Å². The van der Waals surface area contributed by atoms with Crippen LogP contribution in [0.4, 0.5) is 0 Å². The summed E-state index contributed by atoms with van der Waals surface area (Å²) in [5, 5.41) is 0. The van der Waals surface area contributed by atoms with E-state index in [1.54, 1.807) is 0 Å². The van der Waals surface area contributed by atoms with Gasteiger partial charge in [0, 0.05) is 19.3 Å². The predicted molar refractivity (Wildman–Crippen MR) is 321 cm³/mol. The molecular weight excluding hydrogens is 913 g/mol. The summed E-state index contributed by atoms with van der Waals surface area (Å²) < 4.78 is 16.9. The van der Waals surface area contributed by atoms with Crippen molar-refractivity contribution in [2.75, 3.05) is 13.2 Å². The van der Waals surface area contributed by atoms with Crippen LogP contribution in [-0.2, 0) is 28.6 Å². The summed E-state index contributed by atoms with van der Waals surface area (Å²) in [6, 6.07) is 0. The molecule has 0 bridgehead atoms. The Hall–Kier alpha value is -2.89. The number of rotatable bonds is 59. The first-order valence-corrected chi connectivity index (χ1v) is 32.3. The Labute approximate surface area is 460 Å². The highest BCUT2D eigenvalue weighted by Gasteiger charge is 2.19. The lowest BCUT2D eigenvalue weighted by Gasteiger charge is -2.18. The number of hydrogen-bond acceptors (Lipinski definition) is 6. The maximum Gasteiger partial charge on any atom is 0.306 e. The molecule has 1 unspecified atom stereocenters. The number of esters is 3. The molecule has 0 amide bonds. The molecule has 0 saturated heterocycles. The molecule has 0 saturated carbocycles. The van der Waals surface area contributed by atoms with Crippen LogP contribution in [0.2, 0.25) is 0 Å². The highest BCUT2D eigenvalue weighted by Crippen LogP contribution is 2.17. The fourth-order valence-electron chi connectivity index (χ4n) is 9.33. The minimum atomic E-state index is -0.780. The zero-order valence-electron chi connectivity index (χ0n) is 49.4. The van der Waals surface area contributed by atoms with Crippen LogP contribution in [-0.4, -0.2) is 37.2 Å². The maximum atomic E-state index is 12.9. The van der Waals surface area contributed by atoms with Gasteiger partial charge in [-0.05, 0) is 103 Å². The standard InChI is InChI=1S/C68H122O6/c1-4-7-10-13-16-19-22-24-26-28-30-32-33-34-35-37-38-40-42-44-46-49-52-55-58-61-67(70)73-64-65(63-72-66(69)60-57-54-51-48-21-18-15-12-9-6-3)74-68(71)62-59-56-53-50-47-45-43-41-39-36-31-29-27-25-23-20-17-14-11-8-5-2/h12,15,22-25,28-31,65H,4-11,13-14,16-21,26-27,32-64H2,1-3H3/b15-12-,24-22-,25-23-,30-28-,31-29-. The van der Waals surface area contributed by atoms with Crippen LogP contribution in [0.25, 0.3) is 0 Å². The number of carbonyl (C=O) groups excluding carboxylic acids is 3. The Bertz CT molecular complexity index is 1330. The summed E-state index contributed by atoms with van der Waals surface area (Å²) in [6.07, 6.45) is 79.5. The van der Waals surface area contributed by atoms with Crippen LogP contribution < -0.4 is 0 Å². The molecule has 0 spiro atoms. The molecule has 6 heteroatoms. The van der Waals surface area contributed by atoms with E-state index in [2.05, 4.69) is 81.5 Å². The van der Waals surface area contributed by atoms with Crippen molar-refractivity contribution >= 4 is 17.9 Å². The molecule has 0 aliphatic heterocycles. The fourth-order valence-corrected chi connectivity index (χ4v) is 9.33. The summed E-state index contributed by atoms with van der Waals surface area (Å²) >= 11 is 0. The van der Waals surface area contributed by atoms with Gasteiger partial charge in [0.1, 0.15) is 13.2 Å². The van der Waals surface area contributed by atoms with E-state index in [0.717, 1.165) is 83.5 Å². The maximum absolute atomic E-state index is 12.9. The number of carbonyl (C=O) groups is 3. The lowest BCUT2D eigenvalue weighted by atomic mass is 10.0. The van der Waals surface area contributed by atoms with Crippen molar-refractivity contribution in [1.82, 2.24) is 0 Å². The molecule has 74 heavy (non-hydrogen) atoms. The molecule has 0 radical (unpaired) electrons. The average Bonchev–Trinajstić information content (AvgIpc) is 3.40. The SMILES string of the molecule is CCC/C=C\CCCCCCCC(=O)OCC(COC(=O)CCCCCCCCCCCCCCC/C=C\C/C=C\CCCCCCC)OC(=O)CCCCCCCCCCC/C=C\C/C=C\CCCCCCC. The van der Waals surface area contributed by atoms with E-state index in [1.807, 2.05) is 0 Å². The zero-order valence-corrected chi connectivity index (χ0v) is 49.4. The molecule has 0 fully saturated rings. The van der Waals surface area contributed by atoms with Gasteiger partial charge in [-0.2, -0.15) is 0 Å². The second kappa shape index (κ2) is 62.6. The lowest BCUT2D eigenvalue weighted by molar-refractivity contribution is -0.167. The van der Waals surface area contributed by atoms with Crippen LogP contribution in [0.1, 0.15) is 335 Å². The normalized spacial score (nSPS) is 12.4. The third-order valence-corrected chi connectivity index (χ3v) is 14.2. The van der Waals surface area contributed by atoms with Gasteiger partial charge in [0.25, 0.3) is 0 Å². The third kappa shape index (κ3) is 60.0. The molecule has 1 atom stereocenters. The summed E-state index contributed by atoms with van der Waals surface area (Å²) in [6.45, 7) is 6.59. The highest BCUT2D eigenvalue weighted by atomic mass is 16.6. The molecule has 0 aromatic heterocycles. The van der Waals surface area contributed by atoms with E-state index >= 15 is 0 Å². The second-order valence-electron chi connectivity index (χ2n) is 21.7. The van der Waals surface area contributed by atoms with Gasteiger partial charge >= 0.3 is 17.9 Å². The molecule has 6 nitrogen and oxygen atoms in total. The van der Waals surface area contributed by atoms with Crippen molar-refractivity contribution in [3.63, 3.8) is 0 Å². The van der Waals surface area contributed by atoms with Crippen LogP contribution in [0.5, 0.6) is 0 Å². The molecule has 0 rings (SSSR count). The molecular formula is C68H122O6. The van der Waals surface area contributed by atoms with Crippen molar-refractivity contribution < 1.29 is 28.6 Å². The first-order valence-electron chi connectivity index (χ1n) is 32.3. The largest absolute Gasteiger partial charge is 0.462 e. The first kappa shape index (κ1) is 71.1. The Balaban J connectivity index is 4.22. The van der Waals surface area contributed by atoms with Crippen LogP contribution in [0.3, 0.4) is 0 Å². The van der Waals surface area contributed by atoms with E-state index in [0.29, 0.717) is 19.3 Å². The van der Waals surface area contributed by atoms with E-state index in [4.69, 9.17) is 14.2 Å². The van der Waals surface area contributed by atoms with Gasteiger partial charge in [0.15, 0.2) is 6.10 Å². The molecule has 0 aromatic rings. The first-order chi connectivity index (χ1) is 36.5. The summed E-state index contributed by atoms with van der Waals surface area (Å²) in [5.74, 6) is -0.878. The summed E-state index contributed by atoms with van der Waals surface area (Å²) in [7, 11) is 0. The fraction of sp³-hybridized carbons (Fsp3) is 0.809. The van der Waals surface area contributed by atoms with Crippen LogP contribution >= 0.6 is 0 Å². The Kier molecular flexibility index (Phi) is 60.2. The van der Waals surface area contributed by atoms with Gasteiger partial charge in [0.2, 0.25) is 0 Å². The molecule has 430 valence electrons. The number of ether oxygens (including phenoxy) is 3. The summed E-state index contributed by atoms with van der Waals surface area (Å²) in [4.78, 5) is 38.2. The number of allylic oxidation sites excluding steroid dienone is 10. The molecule has 0 heterocycles. The lowest BCUT2D eigenvalue weighted by Crippen LogP contribution is -2.30. The number of unbranched alkanes of at least 4 members (excludes halogenated alkanes) is 38. The summed E-state index contributed by atoms with van der Waals surface area (Å²) in [5.41, 5.74) is 0. The van der Waals surface area contributed by atoms with E-state index in [1.165, 1.54) is 212 Å². The van der Waals surface area contributed by atoms with Crippen LogP contribution in [0.15, 0.2) is 60.8 Å². The van der Waals surface area contributed by atoms with E-state index in [9.17, 15) is 14.4 Å². The minimum Gasteiger partial charge on any atom is -0.462 e. The van der Waals surface area contributed by atoms with Gasteiger partial charge in [-0.15, -0.1) is 0 Å². The third-order valence-electron chi connectivity index (χ3n) is 14.2. The quantitative estimate of drug-likeness (QED) is 0.0261. The molecule has 0 aromatic carbocycles. The molecule has 0 aliphatic rings. The van der Waals surface area contributed by atoms with Crippen molar-refractivity contribution in [3.05, 3.63) is 60.8 Å². The van der Waals surface area contributed by atoms with Crippen LogP contribution in [0, 0.1) is 0 Å². The van der Waals surface area contributed by atoms with Crippen molar-refractivity contribution in [2.45, 2.75) is 341 Å². The minimum absolute atomic E-state index is 0.0771. The van der Waals surface area contributed by atoms with Crippen molar-refractivity contribution in [2.24, 2.45) is 0 Å². The monoisotopic (exact) mass is 1030 g/mol. The van der Waals surface area contributed by atoms with Gasteiger partial charge in [-0.3, -0.25) is 14.4 Å². The van der Waals surface area contributed by atoms with Crippen molar-refractivity contribution in [1.29, 1.82) is 0 Å². The van der Waals surface area contributed by atoms with Gasteiger partial charge in [-0.1, -0.05) is 274 Å². The Morgan fingerprint density at radius 2 is 0.514 bits per heavy atom. The van der Waals surface area contributed by atoms with E-state index < -0.39 is 6.10 Å². The second-order valence-corrected chi connectivity index (χ2v) is 21.7. The molecule has 0 aliphatic carbocycles. The highest BCUT2D eigenvalue weighted by molar-refractivity contribution is 5.71. The van der Waals surface area contributed by atoms with Gasteiger partial charge < -0.3 is 14.2 Å². The smallest absolute Gasteiger partial charge is 0.306 e. The Morgan fingerprint density at radius 1 is 0.270 bits per heavy atom. The predicted octanol–water partition coefficient (Wildman–Crippen LogP) is 21.9. The average molecular weight is 1040 g/mol. The van der Waals surface area contributed by atoms with E-state index in [-0.39, 0.29) is 31.1 Å². The van der Waals surface area contributed by atoms with Crippen molar-refractivity contribution in [3.8, 4) is 0 Å².